The fraction of sp³-hybridized carbons (Fsp3) is 0.409. The summed E-state index contributed by atoms with van der Waals surface area (Å²) in [5.74, 6) is 0.307. The molecule has 0 bridgehead atoms. The third kappa shape index (κ3) is 5.49. The number of hydrogen-bond acceptors (Lipinski definition) is 6. The zero-order valence-corrected chi connectivity index (χ0v) is 20.1. The molecule has 32 heavy (non-hydrogen) atoms. The first-order valence-electron chi connectivity index (χ1n) is 9.99. The summed E-state index contributed by atoms with van der Waals surface area (Å²) in [6.07, 6.45) is 1.18. The Hall–Kier alpha value is -2.00. The number of halogens is 2. The molecule has 1 heterocycles. The minimum absolute atomic E-state index is 0.181. The summed E-state index contributed by atoms with van der Waals surface area (Å²) in [5, 5.41) is 0.781. The van der Waals surface area contributed by atoms with Crippen LogP contribution in [0.2, 0.25) is 10.0 Å². The Morgan fingerprint density at radius 1 is 1.12 bits per heavy atom. The zero-order chi connectivity index (χ0) is 23.5. The highest BCUT2D eigenvalue weighted by molar-refractivity contribution is 7.85. The first-order chi connectivity index (χ1) is 15.1. The third-order valence-corrected chi connectivity index (χ3v) is 7.39. The number of rotatable bonds is 8. The molecule has 1 amide bonds. The van der Waals surface area contributed by atoms with Gasteiger partial charge in [-0.1, -0.05) is 29.3 Å². The highest BCUT2D eigenvalue weighted by Gasteiger charge is 2.41. The molecular weight excluding hydrogens is 477 g/mol. The Morgan fingerprint density at radius 2 is 1.88 bits per heavy atom. The van der Waals surface area contributed by atoms with Crippen molar-refractivity contribution in [2.45, 2.75) is 24.7 Å². The normalized spacial score (nSPS) is 18.6. The first-order valence-corrected chi connectivity index (χ1v) is 12.3. The molecule has 1 aliphatic heterocycles. The van der Waals surface area contributed by atoms with E-state index >= 15 is 0 Å². The van der Waals surface area contributed by atoms with E-state index in [0.717, 1.165) is 5.56 Å². The van der Waals surface area contributed by atoms with E-state index in [1.807, 2.05) is 6.07 Å². The number of amides is 1. The second-order valence-corrected chi connectivity index (χ2v) is 10.2. The summed E-state index contributed by atoms with van der Waals surface area (Å²) in [4.78, 5) is 15.0. The van der Waals surface area contributed by atoms with Crippen LogP contribution < -0.4 is 9.47 Å². The van der Waals surface area contributed by atoms with Crippen LogP contribution in [-0.4, -0.2) is 56.8 Å². The summed E-state index contributed by atoms with van der Waals surface area (Å²) >= 11 is 12.3. The SMILES string of the molecule is COc1ccc(C(=O)N2CCC(CCCS(=O)(=O)[O-])(c3ccc(Cl)c(Cl)c3)C2)c(OC)c1. The molecule has 0 N–H and O–H groups in total. The third-order valence-electron chi connectivity index (χ3n) is 5.86. The van der Waals surface area contributed by atoms with Crippen molar-refractivity contribution < 1.29 is 27.2 Å². The van der Waals surface area contributed by atoms with Crippen LogP contribution in [0.4, 0.5) is 0 Å². The number of carbonyl (C=O) groups is 1. The summed E-state index contributed by atoms with van der Waals surface area (Å²) in [5.41, 5.74) is 0.710. The van der Waals surface area contributed by atoms with Crippen molar-refractivity contribution in [2.75, 3.05) is 33.1 Å². The fourth-order valence-electron chi connectivity index (χ4n) is 4.19. The van der Waals surface area contributed by atoms with Gasteiger partial charge in [-0.2, -0.15) is 0 Å². The average molecular weight is 501 g/mol. The van der Waals surface area contributed by atoms with Gasteiger partial charge in [0.15, 0.2) is 0 Å². The van der Waals surface area contributed by atoms with E-state index in [1.54, 1.807) is 35.2 Å². The second kappa shape index (κ2) is 9.87. The molecule has 2 aromatic rings. The van der Waals surface area contributed by atoms with Crippen molar-refractivity contribution in [1.29, 1.82) is 0 Å². The number of carbonyl (C=O) groups excluding carboxylic acids is 1. The van der Waals surface area contributed by atoms with Gasteiger partial charge in [0.1, 0.15) is 11.5 Å². The quantitative estimate of drug-likeness (QED) is 0.505. The predicted molar refractivity (Wildman–Crippen MR) is 122 cm³/mol. The Balaban J connectivity index is 1.90. The predicted octanol–water partition coefficient (Wildman–Crippen LogP) is 4.12. The van der Waals surface area contributed by atoms with Crippen LogP contribution in [0.1, 0.15) is 35.2 Å². The van der Waals surface area contributed by atoms with Crippen molar-refractivity contribution in [3.63, 3.8) is 0 Å². The number of benzene rings is 2. The fourth-order valence-corrected chi connectivity index (χ4v) is 4.98. The molecule has 1 atom stereocenters. The Morgan fingerprint density at radius 3 is 2.50 bits per heavy atom. The number of hydrogen-bond donors (Lipinski definition) is 0. The van der Waals surface area contributed by atoms with E-state index in [9.17, 15) is 17.8 Å². The van der Waals surface area contributed by atoms with E-state index < -0.39 is 21.3 Å². The van der Waals surface area contributed by atoms with Crippen LogP contribution in [0.15, 0.2) is 36.4 Å². The first kappa shape index (κ1) is 24.6. The Bertz CT molecular complexity index is 1110. The molecule has 0 spiro atoms. The van der Waals surface area contributed by atoms with E-state index in [1.165, 1.54) is 14.2 Å². The second-order valence-electron chi connectivity index (χ2n) is 7.82. The summed E-state index contributed by atoms with van der Waals surface area (Å²) in [7, 11) is -1.32. The average Bonchev–Trinajstić information content (AvgIpc) is 3.19. The van der Waals surface area contributed by atoms with Gasteiger partial charge < -0.3 is 18.9 Å². The lowest BCUT2D eigenvalue weighted by molar-refractivity contribution is 0.0778. The number of ether oxygens (including phenoxy) is 2. The smallest absolute Gasteiger partial charge is 0.257 e. The monoisotopic (exact) mass is 500 g/mol. The standard InChI is InChI=1S/C22H25Cl2NO6S/c1-30-16-5-6-17(20(13-16)31-2)21(26)25-10-9-22(14-25,8-3-11-32(27,28)29)15-4-7-18(23)19(24)12-15/h4-7,12-13H,3,8-11,14H2,1-2H3,(H,27,28,29)/p-1. The minimum Gasteiger partial charge on any atom is -0.748 e. The van der Waals surface area contributed by atoms with Crippen molar-refractivity contribution in [2.24, 2.45) is 0 Å². The zero-order valence-electron chi connectivity index (χ0n) is 17.8. The molecule has 0 aromatic heterocycles. The van der Waals surface area contributed by atoms with Crippen molar-refractivity contribution in [3.8, 4) is 11.5 Å². The van der Waals surface area contributed by atoms with Gasteiger partial charge in [0.2, 0.25) is 0 Å². The van der Waals surface area contributed by atoms with Crippen LogP contribution in [0.25, 0.3) is 0 Å². The lowest BCUT2D eigenvalue weighted by atomic mass is 9.76. The molecule has 1 aliphatic rings. The molecule has 1 saturated heterocycles. The van der Waals surface area contributed by atoms with E-state index in [-0.39, 0.29) is 12.3 Å². The highest BCUT2D eigenvalue weighted by atomic mass is 35.5. The number of methoxy groups -OCH3 is 2. The van der Waals surface area contributed by atoms with Crippen molar-refractivity contribution >= 4 is 39.2 Å². The summed E-state index contributed by atoms with van der Waals surface area (Å²) in [6, 6.07) is 10.3. The lowest BCUT2D eigenvalue weighted by Gasteiger charge is -2.31. The van der Waals surface area contributed by atoms with E-state index in [0.29, 0.717) is 53.0 Å². The molecule has 0 saturated carbocycles. The minimum atomic E-state index is -4.33. The van der Waals surface area contributed by atoms with Crippen molar-refractivity contribution in [3.05, 3.63) is 57.6 Å². The van der Waals surface area contributed by atoms with Crippen LogP contribution >= 0.6 is 23.2 Å². The molecule has 3 rings (SSSR count). The largest absolute Gasteiger partial charge is 0.748 e. The Kier molecular flexibility index (Phi) is 7.60. The van der Waals surface area contributed by atoms with Gasteiger partial charge >= 0.3 is 0 Å². The van der Waals surface area contributed by atoms with Gasteiger partial charge in [0, 0.05) is 30.3 Å². The molecule has 1 unspecified atom stereocenters. The summed E-state index contributed by atoms with van der Waals surface area (Å²) in [6.45, 7) is 0.802. The summed E-state index contributed by atoms with van der Waals surface area (Å²) < 4.78 is 44.0. The number of nitrogens with zero attached hydrogens (tertiary/aromatic N) is 1. The van der Waals surface area contributed by atoms with Crippen LogP contribution in [0.5, 0.6) is 11.5 Å². The maximum absolute atomic E-state index is 13.3. The molecule has 174 valence electrons. The number of likely N-dealkylation sites (tertiary alicyclic amines) is 1. The van der Waals surface area contributed by atoms with Crippen LogP contribution in [0.3, 0.4) is 0 Å². The molecule has 2 aromatic carbocycles. The molecule has 10 heteroatoms. The van der Waals surface area contributed by atoms with Gasteiger partial charge in [-0.05, 0) is 49.1 Å². The van der Waals surface area contributed by atoms with Gasteiger partial charge in [-0.3, -0.25) is 4.79 Å². The van der Waals surface area contributed by atoms with Crippen LogP contribution in [0, 0.1) is 0 Å². The lowest BCUT2D eigenvalue weighted by Crippen LogP contribution is -2.35. The van der Waals surface area contributed by atoms with Gasteiger partial charge in [0.05, 0.1) is 39.9 Å². The maximum atomic E-state index is 13.3. The molecule has 0 aliphatic carbocycles. The van der Waals surface area contributed by atoms with Crippen molar-refractivity contribution in [1.82, 2.24) is 4.90 Å². The van der Waals surface area contributed by atoms with Gasteiger partial charge in [-0.15, -0.1) is 0 Å². The van der Waals surface area contributed by atoms with E-state index in [4.69, 9.17) is 32.7 Å². The van der Waals surface area contributed by atoms with Gasteiger partial charge in [-0.25, -0.2) is 8.42 Å². The van der Waals surface area contributed by atoms with Gasteiger partial charge in [0.25, 0.3) is 5.91 Å². The Labute approximate surface area is 198 Å². The van der Waals surface area contributed by atoms with Crippen LogP contribution in [-0.2, 0) is 15.5 Å². The molecular formula is C22H24Cl2NO6S-. The maximum Gasteiger partial charge on any atom is 0.257 e. The van der Waals surface area contributed by atoms with E-state index in [2.05, 4.69) is 0 Å². The topological polar surface area (TPSA) is 96.0 Å². The molecule has 1 fully saturated rings. The molecule has 0 radical (unpaired) electrons. The molecule has 7 nitrogen and oxygen atoms in total. The highest BCUT2D eigenvalue weighted by Crippen LogP contribution is 2.42.